The molecule has 0 spiro atoms. The number of rotatable bonds is 25. The molecular weight excluding hydrogens is 459 g/mol. The summed E-state index contributed by atoms with van der Waals surface area (Å²) in [7, 11) is -0.978. The van der Waals surface area contributed by atoms with Crippen LogP contribution in [0.25, 0.3) is 0 Å². The van der Waals surface area contributed by atoms with Crippen LogP contribution in [0.1, 0.15) is 117 Å². The molecule has 0 aromatic heterocycles. The Bertz CT molecular complexity index is 482. The average molecular weight is 509 g/mol. The topological polar surface area (TPSA) is 93.1 Å². The van der Waals surface area contributed by atoms with Gasteiger partial charge in [0.05, 0.1) is 12.7 Å². The Hall–Kier alpha value is -0.200. The Morgan fingerprint density at radius 2 is 1.42 bits per heavy atom. The fourth-order valence-corrected chi connectivity index (χ4v) is 5.23. The van der Waals surface area contributed by atoms with E-state index in [1.54, 1.807) is 0 Å². The largest absolute Gasteiger partial charge is 0.477 e. The first-order valence-electron chi connectivity index (χ1n) is 13.1. The molecular formula is C25H49O6PS. The van der Waals surface area contributed by atoms with E-state index in [2.05, 4.69) is 20.8 Å². The molecule has 0 heterocycles. The number of thioether (sulfide) groups is 1. The van der Waals surface area contributed by atoms with Gasteiger partial charge in [-0.15, -0.1) is 0 Å². The predicted octanol–water partition coefficient (Wildman–Crippen LogP) is 7.42. The van der Waals surface area contributed by atoms with Crippen LogP contribution >= 0.6 is 20.2 Å². The van der Waals surface area contributed by atoms with E-state index >= 15 is 0 Å². The summed E-state index contributed by atoms with van der Waals surface area (Å²) in [5.41, 5.74) is -2.67. The quantitative estimate of drug-likeness (QED) is 0.0752. The standard InChI is InChI=1S/C25H49O6PS/c1-4-6-8-9-10-11-12-13-14-16-21-33-23(18-15-7-5-2)22(3)30-19-17-20-31-25(28,32-29)24(26)27/h22-23,28H,4-21H2,1-3H3,(H,26,27). The highest BCUT2D eigenvalue weighted by molar-refractivity contribution is 7.99. The molecule has 0 aliphatic rings. The van der Waals surface area contributed by atoms with Crippen molar-refractivity contribution in [3.05, 3.63) is 0 Å². The third-order valence-electron chi connectivity index (χ3n) is 5.82. The molecule has 0 fully saturated rings. The van der Waals surface area contributed by atoms with Gasteiger partial charge in [0.25, 0.3) is 0 Å². The Labute approximate surface area is 208 Å². The number of unbranched alkanes of at least 4 members (excludes halogenated alkanes) is 11. The van der Waals surface area contributed by atoms with Crippen molar-refractivity contribution in [3.63, 3.8) is 0 Å². The van der Waals surface area contributed by atoms with Gasteiger partial charge < -0.3 is 19.7 Å². The summed E-state index contributed by atoms with van der Waals surface area (Å²) in [6, 6.07) is 0. The lowest BCUT2D eigenvalue weighted by Crippen LogP contribution is -2.36. The summed E-state index contributed by atoms with van der Waals surface area (Å²) in [6.45, 7) is 6.96. The van der Waals surface area contributed by atoms with Gasteiger partial charge in [-0.1, -0.05) is 90.9 Å². The average Bonchev–Trinajstić information content (AvgIpc) is 2.80. The molecule has 3 unspecified atom stereocenters. The normalized spacial score (nSPS) is 15.4. The molecule has 0 aromatic carbocycles. The van der Waals surface area contributed by atoms with Crippen molar-refractivity contribution in [2.45, 2.75) is 134 Å². The number of carboxylic acid groups (broad SMARTS) is 1. The van der Waals surface area contributed by atoms with Gasteiger partial charge in [-0.2, -0.15) is 11.8 Å². The molecule has 2 N–H and O–H groups in total. The van der Waals surface area contributed by atoms with Crippen LogP contribution in [0.3, 0.4) is 0 Å². The summed E-state index contributed by atoms with van der Waals surface area (Å²) < 4.78 is 21.6. The minimum absolute atomic E-state index is 0.0307. The zero-order valence-electron chi connectivity index (χ0n) is 21.3. The molecule has 8 heteroatoms. The molecule has 0 rings (SSSR count). The third-order valence-corrected chi connectivity index (χ3v) is 7.96. The first-order chi connectivity index (χ1) is 15.9. The van der Waals surface area contributed by atoms with Crippen LogP contribution in [0, 0.1) is 0 Å². The minimum Gasteiger partial charge on any atom is -0.477 e. The maximum Gasteiger partial charge on any atom is 0.377 e. The molecule has 0 aromatic rings. The van der Waals surface area contributed by atoms with Gasteiger partial charge in [0.2, 0.25) is 8.46 Å². The summed E-state index contributed by atoms with van der Waals surface area (Å²) in [5, 5.41) is 18.8. The molecule has 6 nitrogen and oxygen atoms in total. The van der Waals surface area contributed by atoms with Gasteiger partial charge in [-0.25, -0.2) is 4.79 Å². The van der Waals surface area contributed by atoms with Crippen LogP contribution in [0.2, 0.25) is 0 Å². The second-order valence-corrected chi connectivity index (χ2v) is 11.0. The highest BCUT2D eigenvalue weighted by atomic mass is 32.2. The monoisotopic (exact) mass is 508 g/mol. The third kappa shape index (κ3) is 17.8. The number of hydrogen-bond acceptors (Lipinski definition) is 6. The van der Waals surface area contributed by atoms with Crippen molar-refractivity contribution < 1.29 is 29.0 Å². The maximum absolute atomic E-state index is 10.9. The Balaban J connectivity index is 4.05. The lowest BCUT2D eigenvalue weighted by atomic mass is 10.1. The van der Waals surface area contributed by atoms with E-state index in [4.69, 9.17) is 14.6 Å². The fourth-order valence-electron chi connectivity index (χ4n) is 3.65. The molecule has 0 radical (unpaired) electrons. The van der Waals surface area contributed by atoms with Crippen molar-refractivity contribution >= 4 is 26.2 Å². The number of carboxylic acids is 1. The summed E-state index contributed by atoms with van der Waals surface area (Å²) >= 11 is 2.02. The summed E-state index contributed by atoms with van der Waals surface area (Å²) in [6.07, 6.45) is 18.8. The fraction of sp³-hybridized carbons (Fsp3) is 0.960. The first kappa shape index (κ1) is 32.8. The molecule has 0 bridgehead atoms. The van der Waals surface area contributed by atoms with Crippen molar-refractivity contribution in [1.29, 1.82) is 0 Å². The molecule has 3 atom stereocenters. The second-order valence-electron chi connectivity index (χ2n) is 8.87. The van der Waals surface area contributed by atoms with Gasteiger partial charge in [-0.05, 0) is 31.9 Å². The van der Waals surface area contributed by atoms with Gasteiger partial charge >= 0.3 is 11.5 Å². The maximum atomic E-state index is 10.9. The van der Waals surface area contributed by atoms with Gasteiger partial charge in [0.1, 0.15) is 0 Å². The number of carbonyl (C=O) groups is 1. The number of ether oxygens (including phenoxy) is 2. The van der Waals surface area contributed by atoms with E-state index < -0.39 is 20.0 Å². The highest BCUT2D eigenvalue weighted by Crippen LogP contribution is 2.25. The highest BCUT2D eigenvalue weighted by Gasteiger charge is 2.38. The van der Waals surface area contributed by atoms with Crippen molar-refractivity contribution in [2.24, 2.45) is 0 Å². The van der Waals surface area contributed by atoms with Crippen LogP contribution in [0.4, 0.5) is 0 Å². The van der Waals surface area contributed by atoms with E-state index in [9.17, 15) is 14.5 Å². The van der Waals surface area contributed by atoms with E-state index in [0.717, 1.165) is 6.42 Å². The van der Waals surface area contributed by atoms with Crippen LogP contribution in [0.5, 0.6) is 0 Å². The Morgan fingerprint density at radius 1 is 0.879 bits per heavy atom. The van der Waals surface area contributed by atoms with E-state index in [0.29, 0.717) is 18.3 Å². The molecule has 33 heavy (non-hydrogen) atoms. The number of hydrogen-bond donors (Lipinski definition) is 2. The van der Waals surface area contributed by atoms with Gasteiger partial charge in [-0.3, -0.25) is 4.57 Å². The molecule has 0 aliphatic heterocycles. The van der Waals surface area contributed by atoms with Crippen LogP contribution in [-0.2, 0) is 18.8 Å². The van der Waals surface area contributed by atoms with Gasteiger partial charge in [0, 0.05) is 11.9 Å². The Kier molecular flexibility index (Phi) is 22.1. The number of aliphatic hydroxyl groups is 1. The van der Waals surface area contributed by atoms with E-state index in [1.807, 2.05) is 11.8 Å². The van der Waals surface area contributed by atoms with Crippen LogP contribution < -0.4 is 0 Å². The lowest BCUT2D eigenvalue weighted by Gasteiger charge is -2.24. The molecule has 0 aliphatic carbocycles. The van der Waals surface area contributed by atoms with Crippen LogP contribution in [-0.4, -0.2) is 52.0 Å². The molecule has 0 saturated heterocycles. The summed E-state index contributed by atoms with van der Waals surface area (Å²) in [5.74, 6) is -0.494. The van der Waals surface area contributed by atoms with Crippen molar-refractivity contribution in [3.8, 4) is 0 Å². The zero-order valence-corrected chi connectivity index (χ0v) is 23.0. The molecule has 196 valence electrons. The van der Waals surface area contributed by atoms with E-state index in [-0.39, 0.29) is 12.7 Å². The molecule has 0 amide bonds. The zero-order chi connectivity index (χ0) is 24.8. The van der Waals surface area contributed by atoms with Crippen molar-refractivity contribution in [1.82, 2.24) is 0 Å². The minimum atomic E-state index is -2.67. The number of aliphatic carboxylic acids is 1. The lowest BCUT2D eigenvalue weighted by molar-refractivity contribution is -0.190. The molecule has 0 saturated carbocycles. The summed E-state index contributed by atoms with van der Waals surface area (Å²) in [4.78, 5) is 10.9. The first-order valence-corrected chi connectivity index (χ1v) is 14.9. The van der Waals surface area contributed by atoms with Crippen molar-refractivity contribution in [2.75, 3.05) is 19.0 Å². The smallest absolute Gasteiger partial charge is 0.377 e. The Morgan fingerprint density at radius 3 is 1.97 bits per heavy atom. The van der Waals surface area contributed by atoms with Gasteiger partial charge in [0.15, 0.2) is 0 Å². The second kappa shape index (κ2) is 22.3. The SMILES string of the molecule is CCCCCCCCCCCCSC(CCCCC)C(C)OCCCOC(O)(P=O)C(=O)O. The van der Waals surface area contributed by atoms with E-state index in [1.165, 1.54) is 89.2 Å². The predicted molar refractivity (Wildman–Crippen MR) is 138 cm³/mol. The van der Waals surface area contributed by atoms with Crippen LogP contribution in [0.15, 0.2) is 0 Å².